The first-order valence-corrected chi connectivity index (χ1v) is 18.0. The van der Waals surface area contributed by atoms with Gasteiger partial charge in [-0.15, -0.1) is 0 Å². The van der Waals surface area contributed by atoms with Gasteiger partial charge in [-0.25, -0.2) is 4.98 Å². The monoisotopic (exact) mass is 600 g/mol. The highest BCUT2D eigenvalue weighted by atomic mass is 28.4. The summed E-state index contributed by atoms with van der Waals surface area (Å²) in [6.45, 7) is 20.1. The molecule has 1 fully saturated rings. The minimum atomic E-state index is -1.89. The van der Waals surface area contributed by atoms with Gasteiger partial charge in [0, 0.05) is 44.3 Å². The fourth-order valence-corrected chi connectivity index (χ4v) is 6.64. The van der Waals surface area contributed by atoms with Crippen molar-refractivity contribution in [3.05, 3.63) is 58.3 Å². The van der Waals surface area contributed by atoms with Gasteiger partial charge >= 0.3 is 0 Å². The largest absolute Gasteiger partial charge is 0.411 e. The number of rotatable bonds is 7. The molecule has 228 valence electrons. The van der Waals surface area contributed by atoms with E-state index >= 15 is 0 Å². The van der Waals surface area contributed by atoms with Gasteiger partial charge in [0.15, 0.2) is 8.32 Å². The predicted octanol–water partition coefficient (Wildman–Crippen LogP) is 5.38. The number of aryl methyl sites for hydroxylation is 1. The summed E-state index contributed by atoms with van der Waals surface area (Å²) < 4.78 is 9.61. The summed E-state index contributed by atoms with van der Waals surface area (Å²) in [4.78, 5) is 27.3. The Morgan fingerprint density at radius 3 is 2.58 bits per heavy atom. The summed E-state index contributed by atoms with van der Waals surface area (Å²) in [6, 6.07) is 10.7. The SMILES string of the molecule is CC(c1ccc2ncc(CO[Si](C)(C)C(C)(C)C)nc2c1)N1C[C@H](C)N(c2cc(=O)n(C)c3cn(CC#N)nc23)C[C@H]1C. The molecule has 1 unspecified atom stereocenters. The molecule has 0 radical (unpaired) electrons. The first kappa shape index (κ1) is 30.9. The number of nitrogens with zero attached hydrogens (tertiary/aromatic N) is 8. The van der Waals surface area contributed by atoms with Gasteiger partial charge in [-0.1, -0.05) is 26.8 Å². The maximum Gasteiger partial charge on any atom is 0.252 e. The summed E-state index contributed by atoms with van der Waals surface area (Å²) >= 11 is 0. The molecule has 0 aliphatic carbocycles. The molecule has 1 aliphatic rings. The molecule has 3 atom stereocenters. The summed E-state index contributed by atoms with van der Waals surface area (Å²) in [7, 11) is -0.143. The average molecular weight is 601 g/mol. The molecular weight excluding hydrogens is 556 g/mol. The average Bonchev–Trinajstić information content (AvgIpc) is 3.38. The lowest BCUT2D eigenvalue weighted by molar-refractivity contribution is 0.119. The molecule has 0 amide bonds. The Kier molecular flexibility index (Phi) is 8.24. The van der Waals surface area contributed by atoms with Crippen molar-refractivity contribution >= 4 is 36.1 Å². The van der Waals surface area contributed by atoms with Crippen LogP contribution in [0, 0.1) is 11.3 Å². The molecule has 4 heterocycles. The third-order valence-corrected chi connectivity index (χ3v) is 14.0. The molecule has 5 rings (SSSR count). The number of pyridine rings is 1. The quantitative estimate of drug-likeness (QED) is 0.260. The van der Waals surface area contributed by atoms with Crippen molar-refractivity contribution in [1.82, 2.24) is 29.2 Å². The van der Waals surface area contributed by atoms with E-state index in [2.05, 4.69) is 98.8 Å². The Balaban J connectivity index is 1.37. The standard InChI is InChI=1S/C32H44N8O2Si/c1-21-18-40(28-15-30(41)37(7)29-19-38(13-12-33)36-31(28)29)22(2)17-39(21)23(3)24-10-11-26-27(14-24)35-25(16-34-26)20-42-43(8,9)32(4,5)6/h10-11,14-16,19,21-23H,13,17-18,20H2,1-9H3/t21-,22+,23?/m1/s1. The van der Waals surface area contributed by atoms with E-state index in [9.17, 15) is 10.1 Å². The smallest absolute Gasteiger partial charge is 0.252 e. The van der Waals surface area contributed by atoms with Crippen LogP contribution in [-0.2, 0) is 24.6 Å². The van der Waals surface area contributed by atoms with Crippen molar-refractivity contribution < 1.29 is 4.43 Å². The normalized spacial score (nSPS) is 19.2. The molecule has 0 spiro atoms. The third-order valence-electron chi connectivity index (χ3n) is 9.50. The fraction of sp³-hybridized carbons (Fsp3) is 0.531. The lowest BCUT2D eigenvalue weighted by Crippen LogP contribution is -2.57. The number of hydrogen-bond acceptors (Lipinski definition) is 8. The molecule has 0 N–H and O–H groups in total. The Bertz CT molecular complexity index is 1750. The Labute approximate surface area is 255 Å². The minimum absolute atomic E-state index is 0.0824. The van der Waals surface area contributed by atoms with Gasteiger partial charge in [-0.3, -0.25) is 19.4 Å². The maximum atomic E-state index is 12.9. The summed E-state index contributed by atoms with van der Waals surface area (Å²) in [5.74, 6) is 0. The van der Waals surface area contributed by atoms with Crippen LogP contribution in [0.25, 0.3) is 22.1 Å². The number of fused-ring (bicyclic) bond motifs is 2. The van der Waals surface area contributed by atoms with E-state index in [-0.39, 0.29) is 35.3 Å². The van der Waals surface area contributed by atoms with Crippen molar-refractivity contribution in [3.8, 4) is 6.07 Å². The first-order chi connectivity index (χ1) is 20.2. The van der Waals surface area contributed by atoms with E-state index in [0.717, 1.165) is 46.5 Å². The number of benzene rings is 1. The van der Waals surface area contributed by atoms with E-state index in [1.165, 1.54) is 5.56 Å². The lowest BCUT2D eigenvalue weighted by atomic mass is 9.99. The molecule has 0 bridgehead atoms. The Morgan fingerprint density at radius 2 is 1.88 bits per heavy atom. The number of piperazine rings is 1. The van der Waals surface area contributed by atoms with Crippen LogP contribution >= 0.6 is 0 Å². The highest BCUT2D eigenvalue weighted by molar-refractivity contribution is 6.74. The second-order valence-electron chi connectivity index (χ2n) is 13.5. The molecule has 1 aromatic carbocycles. The second kappa shape index (κ2) is 11.5. The zero-order valence-electron chi connectivity index (χ0n) is 26.9. The van der Waals surface area contributed by atoms with Gasteiger partial charge in [-0.2, -0.15) is 10.4 Å². The molecule has 1 saturated heterocycles. The summed E-state index contributed by atoms with van der Waals surface area (Å²) in [5.41, 5.74) is 6.05. The molecule has 3 aromatic heterocycles. The van der Waals surface area contributed by atoms with Crippen molar-refractivity contribution in [1.29, 1.82) is 5.26 Å². The third kappa shape index (κ3) is 5.96. The molecule has 0 saturated carbocycles. The minimum Gasteiger partial charge on any atom is -0.411 e. The van der Waals surface area contributed by atoms with Gasteiger partial charge < -0.3 is 13.9 Å². The van der Waals surface area contributed by atoms with Gasteiger partial charge in [0.1, 0.15) is 12.1 Å². The molecule has 43 heavy (non-hydrogen) atoms. The van der Waals surface area contributed by atoms with Crippen LogP contribution in [0.15, 0.2) is 41.5 Å². The zero-order valence-corrected chi connectivity index (χ0v) is 27.9. The summed E-state index contributed by atoms with van der Waals surface area (Å²) in [6.07, 6.45) is 3.61. The van der Waals surface area contributed by atoms with Crippen LogP contribution in [-0.4, -0.2) is 62.7 Å². The molecular formula is C32H44N8O2Si. The topological polar surface area (TPSA) is 105 Å². The number of hydrogen-bond donors (Lipinski definition) is 0. The van der Waals surface area contributed by atoms with Gasteiger partial charge in [-0.05, 0) is 56.6 Å². The molecule has 4 aromatic rings. The number of aromatic nitrogens is 5. The van der Waals surface area contributed by atoms with Gasteiger partial charge in [0.25, 0.3) is 5.56 Å². The van der Waals surface area contributed by atoms with Crippen molar-refractivity contribution in [3.63, 3.8) is 0 Å². The second-order valence-corrected chi connectivity index (χ2v) is 18.3. The summed E-state index contributed by atoms with van der Waals surface area (Å²) in [5, 5.41) is 14.0. The molecule has 10 nitrogen and oxygen atoms in total. The Morgan fingerprint density at radius 1 is 1.14 bits per heavy atom. The van der Waals surface area contributed by atoms with E-state index in [1.54, 1.807) is 28.6 Å². The van der Waals surface area contributed by atoms with Crippen molar-refractivity contribution in [2.75, 3.05) is 18.0 Å². The maximum absolute atomic E-state index is 12.9. The number of anilines is 1. The highest BCUT2D eigenvalue weighted by Gasteiger charge is 2.37. The van der Waals surface area contributed by atoms with Crippen LogP contribution in [0.2, 0.25) is 18.1 Å². The van der Waals surface area contributed by atoms with Crippen molar-refractivity contribution in [2.45, 2.75) is 91.0 Å². The zero-order chi connectivity index (χ0) is 31.3. The molecule has 11 heteroatoms. The van der Waals surface area contributed by atoms with Crippen LogP contribution in [0.4, 0.5) is 5.69 Å². The van der Waals surface area contributed by atoms with Crippen LogP contribution in [0.1, 0.15) is 58.8 Å². The van der Waals surface area contributed by atoms with E-state index in [1.807, 2.05) is 6.20 Å². The van der Waals surface area contributed by atoms with Gasteiger partial charge in [0.2, 0.25) is 0 Å². The highest BCUT2D eigenvalue weighted by Crippen LogP contribution is 2.37. The fourth-order valence-electron chi connectivity index (χ4n) is 5.70. The van der Waals surface area contributed by atoms with E-state index < -0.39 is 8.32 Å². The van der Waals surface area contributed by atoms with Crippen LogP contribution in [0.3, 0.4) is 0 Å². The van der Waals surface area contributed by atoms with Crippen LogP contribution in [0.5, 0.6) is 0 Å². The number of nitriles is 1. The van der Waals surface area contributed by atoms with Gasteiger partial charge in [0.05, 0.1) is 53.0 Å². The molecule has 1 aliphatic heterocycles. The van der Waals surface area contributed by atoms with Crippen molar-refractivity contribution in [2.24, 2.45) is 7.05 Å². The van der Waals surface area contributed by atoms with E-state index in [0.29, 0.717) is 6.61 Å². The van der Waals surface area contributed by atoms with Crippen LogP contribution < -0.4 is 10.5 Å². The lowest BCUT2D eigenvalue weighted by Gasteiger charge is -2.47. The first-order valence-electron chi connectivity index (χ1n) is 15.1. The Hall–Kier alpha value is -3.59. The predicted molar refractivity (Wildman–Crippen MR) is 174 cm³/mol. The van der Waals surface area contributed by atoms with E-state index in [4.69, 9.17) is 9.41 Å².